The van der Waals surface area contributed by atoms with Crippen molar-refractivity contribution in [3.05, 3.63) is 43.0 Å². The normalized spacial score (nSPS) is 14.6. The van der Waals surface area contributed by atoms with Crippen molar-refractivity contribution in [3.8, 4) is 22.4 Å². The Kier molecular flexibility index (Phi) is 5.83. The number of fused-ring (bicyclic) bond motifs is 1. The summed E-state index contributed by atoms with van der Waals surface area (Å²) < 4.78 is 18.3. The third-order valence-corrected chi connectivity index (χ3v) is 8.82. The van der Waals surface area contributed by atoms with Crippen molar-refractivity contribution in [2.45, 2.75) is 28.7 Å². The van der Waals surface area contributed by atoms with E-state index in [1.807, 2.05) is 18.2 Å². The highest BCUT2D eigenvalue weighted by Crippen LogP contribution is 2.45. The number of nitrogens with one attached hydrogen (secondary N) is 1. The Labute approximate surface area is 196 Å². The van der Waals surface area contributed by atoms with Gasteiger partial charge in [0.05, 0.1) is 12.8 Å². The Balaban J connectivity index is 1.62. The predicted octanol–water partition coefficient (Wildman–Crippen LogP) is 4.24. The van der Waals surface area contributed by atoms with Crippen molar-refractivity contribution in [2.24, 2.45) is 0 Å². The molecule has 0 aliphatic heterocycles. The van der Waals surface area contributed by atoms with Crippen LogP contribution in [-0.2, 0) is 15.9 Å². The van der Waals surface area contributed by atoms with Crippen molar-refractivity contribution < 1.29 is 14.1 Å². The Bertz CT molecular complexity index is 1310. The van der Waals surface area contributed by atoms with E-state index in [-0.39, 0.29) is 11.2 Å². The molecule has 9 nitrogen and oxygen atoms in total. The molecule has 4 heterocycles. The number of hydrogen-bond acceptors (Lipinski definition) is 9. The lowest BCUT2D eigenvalue weighted by molar-refractivity contribution is 0.186. The molecular weight excluding hydrogens is 460 g/mol. The van der Waals surface area contributed by atoms with E-state index in [0.717, 1.165) is 35.8 Å². The summed E-state index contributed by atoms with van der Waals surface area (Å²) in [4.78, 5) is 29.5. The van der Waals surface area contributed by atoms with E-state index in [4.69, 9.17) is 10.7 Å². The van der Waals surface area contributed by atoms with Crippen molar-refractivity contribution in [1.82, 2.24) is 19.9 Å². The lowest BCUT2D eigenvalue weighted by atomic mass is 10.00. The van der Waals surface area contributed by atoms with E-state index in [2.05, 4.69) is 25.0 Å². The molecule has 1 fully saturated rings. The van der Waals surface area contributed by atoms with Gasteiger partial charge < -0.3 is 15.0 Å². The van der Waals surface area contributed by atoms with E-state index in [1.165, 1.54) is 18.4 Å². The van der Waals surface area contributed by atoms with Gasteiger partial charge in [0.25, 0.3) is 0 Å². The summed E-state index contributed by atoms with van der Waals surface area (Å²) in [6.07, 6.45) is 8.98. The van der Waals surface area contributed by atoms with E-state index in [9.17, 15) is 9.35 Å². The van der Waals surface area contributed by atoms with Gasteiger partial charge in [-0.25, -0.2) is 19.7 Å². The monoisotopic (exact) mass is 480 g/mol. The first kappa shape index (κ1) is 21.6. The first-order chi connectivity index (χ1) is 16.0. The van der Waals surface area contributed by atoms with Crippen LogP contribution < -0.4 is 11.1 Å². The standard InChI is InChI=1S/C22H20N6O3S2/c1-31-22(29)28-21-25-10-13(11-26-21)16-8-15(12-4-3-7-24-9-12)17-18(23)20(32-19(17)27-16)33(30)14-5-2-6-14/h3-4,7-11,14H,2,5-6,23H2,1H3,(H,25,26,28,29). The molecule has 168 valence electrons. The summed E-state index contributed by atoms with van der Waals surface area (Å²) in [7, 11) is 1.27. The summed E-state index contributed by atoms with van der Waals surface area (Å²) in [6, 6.07) is 5.71. The number of anilines is 2. The van der Waals surface area contributed by atoms with Crippen LogP contribution in [0.1, 0.15) is 19.3 Å². The smallest absolute Gasteiger partial charge is 0.413 e. The van der Waals surface area contributed by atoms with Gasteiger partial charge in [-0.15, -0.1) is 0 Å². The van der Waals surface area contributed by atoms with Crippen LogP contribution in [0.3, 0.4) is 0 Å². The molecule has 0 spiro atoms. The molecule has 1 unspecified atom stereocenters. The van der Waals surface area contributed by atoms with Gasteiger partial charge in [-0.1, -0.05) is 17.4 Å². The van der Waals surface area contributed by atoms with Crippen LogP contribution in [0.15, 0.2) is 47.2 Å². The highest BCUT2D eigenvalue weighted by Gasteiger charge is 2.35. The summed E-state index contributed by atoms with van der Waals surface area (Å²) >= 11 is 0.221. The first-order valence-electron chi connectivity index (χ1n) is 10.3. The van der Waals surface area contributed by atoms with E-state index < -0.39 is 17.3 Å². The minimum Gasteiger partial charge on any atom is -0.611 e. The second-order valence-corrected chi connectivity index (χ2v) is 10.5. The van der Waals surface area contributed by atoms with Crippen LogP contribution in [-0.4, -0.2) is 42.9 Å². The van der Waals surface area contributed by atoms with Crippen molar-refractivity contribution >= 4 is 50.5 Å². The number of pyridine rings is 2. The maximum Gasteiger partial charge on any atom is 0.413 e. The number of carbonyl (C=O) groups is 1. The van der Waals surface area contributed by atoms with Crippen molar-refractivity contribution in [2.75, 3.05) is 18.2 Å². The zero-order valence-electron chi connectivity index (χ0n) is 17.6. The first-order valence-corrected chi connectivity index (χ1v) is 12.3. The van der Waals surface area contributed by atoms with Gasteiger partial charge in [-0.3, -0.25) is 10.3 Å². The molecule has 0 saturated heterocycles. The molecule has 0 bridgehead atoms. The minimum absolute atomic E-state index is 0.123. The lowest BCUT2D eigenvalue weighted by Crippen LogP contribution is -2.28. The third-order valence-electron chi connectivity index (χ3n) is 5.52. The summed E-state index contributed by atoms with van der Waals surface area (Å²) in [5, 5.41) is 3.36. The Hall–Kier alpha value is -3.28. The number of aromatic nitrogens is 4. The maximum absolute atomic E-state index is 13.1. The van der Waals surface area contributed by atoms with Crippen LogP contribution in [0.25, 0.3) is 32.6 Å². The summed E-state index contributed by atoms with van der Waals surface area (Å²) in [5.74, 6) is 0.123. The molecule has 11 heteroatoms. The van der Waals surface area contributed by atoms with Gasteiger partial charge in [0, 0.05) is 52.5 Å². The second-order valence-electron chi connectivity index (χ2n) is 7.54. The average Bonchev–Trinajstić information content (AvgIpc) is 3.15. The fourth-order valence-electron chi connectivity index (χ4n) is 3.55. The molecule has 1 aliphatic rings. The third kappa shape index (κ3) is 4.10. The second kappa shape index (κ2) is 8.93. The van der Waals surface area contributed by atoms with Crippen LogP contribution in [0.2, 0.25) is 0 Å². The van der Waals surface area contributed by atoms with Gasteiger partial charge in [0.2, 0.25) is 10.2 Å². The van der Waals surface area contributed by atoms with Crippen LogP contribution in [0, 0.1) is 0 Å². The average molecular weight is 481 g/mol. The zero-order valence-corrected chi connectivity index (χ0v) is 19.3. The highest BCUT2D eigenvalue weighted by atomic mass is 32.2. The molecular formula is C22H20N6O3S2. The number of carbonyl (C=O) groups excluding carboxylic acids is 1. The summed E-state index contributed by atoms with van der Waals surface area (Å²) in [6.45, 7) is 0. The Morgan fingerprint density at radius 3 is 2.70 bits per heavy atom. The molecule has 1 saturated carbocycles. The largest absolute Gasteiger partial charge is 0.611 e. The highest BCUT2D eigenvalue weighted by molar-refractivity contribution is 7.94. The predicted molar refractivity (Wildman–Crippen MR) is 128 cm³/mol. The van der Waals surface area contributed by atoms with Crippen LogP contribution in [0.5, 0.6) is 0 Å². The summed E-state index contributed by atoms with van der Waals surface area (Å²) in [5.41, 5.74) is 10.1. The van der Waals surface area contributed by atoms with E-state index >= 15 is 0 Å². The molecule has 1 amide bonds. The minimum atomic E-state index is -1.15. The number of rotatable bonds is 5. The van der Waals surface area contributed by atoms with Crippen LogP contribution in [0.4, 0.5) is 16.4 Å². The molecule has 1 atom stereocenters. The number of nitrogen functional groups attached to an aromatic ring is 1. The van der Waals surface area contributed by atoms with Gasteiger partial charge in [0.1, 0.15) is 15.8 Å². The Morgan fingerprint density at radius 2 is 2.06 bits per heavy atom. The number of nitrogens with two attached hydrogens (primary N) is 1. The van der Waals surface area contributed by atoms with Crippen LogP contribution >= 0.6 is 11.3 Å². The number of ether oxygens (including phenoxy) is 1. The van der Waals surface area contributed by atoms with E-state index in [0.29, 0.717) is 26.0 Å². The molecule has 3 N–H and O–H groups in total. The maximum atomic E-state index is 13.1. The number of methoxy groups -OCH3 is 1. The van der Waals surface area contributed by atoms with Gasteiger partial charge in [-0.05, 0) is 37.0 Å². The topological polar surface area (TPSA) is 139 Å². The zero-order chi connectivity index (χ0) is 22.9. The molecule has 0 radical (unpaired) electrons. The molecule has 5 rings (SSSR count). The number of thiophene rings is 1. The van der Waals surface area contributed by atoms with Gasteiger partial charge in [0.15, 0.2) is 0 Å². The van der Waals surface area contributed by atoms with Crippen molar-refractivity contribution in [3.63, 3.8) is 0 Å². The lowest BCUT2D eigenvalue weighted by Gasteiger charge is -2.27. The number of hydrogen-bond donors (Lipinski definition) is 2. The molecule has 4 aromatic rings. The van der Waals surface area contributed by atoms with Gasteiger partial charge >= 0.3 is 6.09 Å². The molecule has 4 aromatic heterocycles. The molecule has 1 aliphatic carbocycles. The number of amides is 1. The fraction of sp³-hybridized carbons (Fsp3) is 0.227. The SMILES string of the molecule is COC(=O)Nc1ncc(-c2cc(-c3cccnc3)c3c(N)c([S+]([O-])C4CCC4)sc3n2)cn1. The van der Waals surface area contributed by atoms with Crippen molar-refractivity contribution in [1.29, 1.82) is 0 Å². The van der Waals surface area contributed by atoms with E-state index in [1.54, 1.807) is 24.8 Å². The molecule has 0 aromatic carbocycles. The quantitative estimate of drug-likeness (QED) is 0.404. The Morgan fingerprint density at radius 1 is 1.27 bits per heavy atom. The number of nitrogens with zero attached hydrogens (tertiary/aromatic N) is 4. The van der Waals surface area contributed by atoms with Gasteiger partial charge in [-0.2, -0.15) is 0 Å². The fourth-order valence-corrected chi connectivity index (χ4v) is 6.76. The molecule has 33 heavy (non-hydrogen) atoms.